The second-order valence-corrected chi connectivity index (χ2v) is 5.69. The normalized spacial score (nSPS) is 14.3. The van der Waals surface area contributed by atoms with Crippen molar-refractivity contribution in [3.8, 4) is 0 Å². The van der Waals surface area contributed by atoms with Gasteiger partial charge in [0.2, 0.25) is 5.96 Å². The molecular weight excluding hydrogens is 411 g/mol. The number of H-pyrrole nitrogens is 1. The molecule has 0 saturated heterocycles. The highest BCUT2D eigenvalue weighted by Gasteiger charge is 2.20. The van der Waals surface area contributed by atoms with Gasteiger partial charge in [-0.05, 0) is 35.9 Å². The Morgan fingerprint density at radius 2 is 1.96 bits per heavy atom. The van der Waals surface area contributed by atoms with Crippen LogP contribution in [0.25, 0.3) is 17.1 Å². The molecule has 0 aliphatic carbocycles. The van der Waals surface area contributed by atoms with E-state index in [2.05, 4.69) is 25.6 Å². The van der Waals surface area contributed by atoms with Crippen LogP contribution in [-0.2, 0) is 11.3 Å². The van der Waals surface area contributed by atoms with Crippen LogP contribution in [-0.4, -0.2) is 21.8 Å². The standard InChI is InChI=1S/C18H13F2N5O.2ClH/c19-13-4-3-10(6-14(13)20)8-23-18-24-15(17(26)25-18)7-11-9-22-16-12(11)2-1-5-21-16;;/h1-7,9H,8H2,(H,21,22)(H2,23,24,25,26);2*1H/b15-7-;;. The number of aromatic nitrogens is 2. The summed E-state index contributed by atoms with van der Waals surface area (Å²) < 4.78 is 26.2. The van der Waals surface area contributed by atoms with Gasteiger partial charge in [-0.1, -0.05) is 6.07 Å². The number of pyridine rings is 1. The van der Waals surface area contributed by atoms with E-state index < -0.39 is 11.6 Å². The largest absolute Gasteiger partial charge is 0.352 e. The second kappa shape index (κ2) is 8.81. The minimum absolute atomic E-state index is 0. The van der Waals surface area contributed by atoms with Gasteiger partial charge in [0.15, 0.2) is 11.6 Å². The smallest absolute Gasteiger partial charge is 0.276 e. The molecule has 1 aliphatic heterocycles. The number of fused-ring (bicyclic) bond motifs is 1. The number of aliphatic imine (C=N–C) groups is 1. The molecule has 0 bridgehead atoms. The topological polar surface area (TPSA) is 82.2 Å². The molecule has 0 spiro atoms. The van der Waals surface area contributed by atoms with E-state index >= 15 is 0 Å². The molecule has 1 aliphatic rings. The Morgan fingerprint density at radius 3 is 2.75 bits per heavy atom. The molecule has 3 N–H and O–H groups in total. The zero-order chi connectivity index (χ0) is 18.1. The Kier molecular flexibility index (Phi) is 6.71. The zero-order valence-electron chi connectivity index (χ0n) is 14.2. The highest BCUT2D eigenvalue weighted by atomic mass is 35.5. The van der Waals surface area contributed by atoms with Crippen molar-refractivity contribution in [1.82, 2.24) is 20.6 Å². The van der Waals surface area contributed by atoms with Crippen LogP contribution in [0.2, 0.25) is 0 Å². The van der Waals surface area contributed by atoms with Crippen molar-refractivity contribution in [3.05, 3.63) is 71.2 Å². The van der Waals surface area contributed by atoms with E-state index in [1.807, 2.05) is 12.1 Å². The Bertz CT molecular complexity index is 1080. The first-order valence-corrected chi connectivity index (χ1v) is 7.82. The third kappa shape index (κ3) is 4.29. The van der Waals surface area contributed by atoms with Gasteiger partial charge in [-0.15, -0.1) is 24.8 Å². The van der Waals surface area contributed by atoms with Gasteiger partial charge in [-0.3, -0.25) is 10.1 Å². The number of hydrogen-bond donors (Lipinski definition) is 3. The Balaban J connectivity index is 0.00000140. The van der Waals surface area contributed by atoms with Gasteiger partial charge in [0.1, 0.15) is 11.3 Å². The van der Waals surface area contributed by atoms with Gasteiger partial charge in [-0.25, -0.2) is 18.8 Å². The van der Waals surface area contributed by atoms with Gasteiger partial charge < -0.3 is 10.3 Å². The average Bonchev–Trinajstić information content (AvgIpc) is 3.20. The lowest BCUT2D eigenvalue weighted by Gasteiger charge is -2.05. The molecule has 3 aromatic rings. The molecule has 0 fully saturated rings. The maximum absolute atomic E-state index is 13.2. The molecule has 6 nitrogen and oxygen atoms in total. The Labute approximate surface area is 171 Å². The van der Waals surface area contributed by atoms with Crippen molar-refractivity contribution < 1.29 is 13.6 Å². The number of amides is 1. The number of benzene rings is 1. The fraction of sp³-hybridized carbons (Fsp3) is 0.0556. The average molecular weight is 426 g/mol. The van der Waals surface area contributed by atoms with E-state index in [1.165, 1.54) is 6.07 Å². The maximum atomic E-state index is 13.2. The molecule has 146 valence electrons. The van der Waals surface area contributed by atoms with Crippen LogP contribution in [0.1, 0.15) is 11.1 Å². The van der Waals surface area contributed by atoms with Crippen molar-refractivity contribution in [2.75, 3.05) is 0 Å². The van der Waals surface area contributed by atoms with Gasteiger partial charge in [0.25, 0.3) is 5.91 Å². The molecular formula is C18H15Cl2F2N5O. The number of halogens is 4. The number of carbonyl (C=O) groups is 1. The summed E-state index contributed by atoms with van der Waals surface area (Å²) in [6.07, 6.45) is 5.08. The molecule has 28 heavy (non-hydrogen) atoms. The lowest BCUT2D eigenvalue weighted by molar-refractivity contribution is -0.115. The molecule has 1 amide bonds. The number of guanidine groups is 1. The molecule has 3 heterocycles. The molecule has 10 heteroatoms. The SMILES string of the molecule is Cl.Cl.O=C1NC(NCc2ccc(F)c(F)c2)=N/C1=C\c1c[nH]c2ncccc12. The van der Waals surface area contributed by atoms with Crippen LogP contribution < -0.4 is 10.6 Å². The molecule has 2 aromatic heterocycles. The lowest BCUT2D eigenvalue weighted by Crippen LogP contribution is -2.35. The summed E-state index contributed by atoms with van der Waals surface area (Å²) in [5, 5.41) is 6.37. The summed E-state index contributed by atoms with van der Waals surface area (Å²) in [5.41, 5.74) is 2.28. The quantitative estimate of drug-likeness (QED) is 0.563. The fourth-order valence-corrected chi connectivity index (χ4v) is 2.63. The van der Waals surface area contributed by atoms with E-state index in [4.69, 9.17) is 0 Å². The Hall–Kier alpha value is -2.97. The first-order valence-electron chi connectivity index (χ1n) is 7.82. The van der Waals surface area contributed by atoms with Crippen LogP contribution in [0.5, 0.6) is 0 Å². The summed E-state index contributed by atoms with van der Waals surface area (Å²) in [4.78, 5) is 23.5. The van der Waals surface area contributed by atoms with Gasteiger partial charge in [0.05, 0.1) is 0 Å². The third-order valence-corrected chi connectivity index (χ3v) is 3.92. The van der Waals surface area contributed by atoms with Crippen molar-refractivity contribution >= 4 is 53.8 Å². The maximum Gasteiger partial charge on any atom is 0.276 e. The predicted octanol–water partition coefficient (Wildman–Crippen LogP) is 3.30. The molecule has 0 unspecified atom stereocenters. The number of nitrogens with zero attached hydrogens (tertiary/aromatic N) is 2. The highest BCUT2D eigenvalue weighted by Crippen LogP contribution is 2.20. The minimum Gasteiger partial charge on any atom is -0.352 e. The van der Waals surface area contributed by atoms with Crippen LogP contribution >= 0.6 is 24.8 Å². The van der Waals surface area contributed by atoms with Crippen molar-refractivity contribution in [3.63, 3.8) is 0 Å². The van der Waals surface area contributed by atoms with Gasteiger partial charge in [-0.2, -0.15) is 0 Å². The van der Waals surface area contributed by atoms with E-state index in [0.29, 0.717) is 5.56 Å². The van der Waals surface area contributed by atoms with E-state index in [-0.39, 0.29) is 48.9 Å². The van der Waals surface area contributed by atoms with Gasteiger partial charge >= 0.3 is 0 Å². The second-order valence-electron chi connectivity index (χ2n) is 5.69. The first-order chi connectivity index (χ1) is 12.6. The van der Waals surface area contributed by atoms with Crippen molar-refractivity contribution in [2.24, 2.45) is 4.99 Å². The zero-order valence-corrected chi connectivity index (χ0v) is 15.8. The molecule has 0 saturated carbocycles. The van der Waals surface area contributed by atoms with Crippen LogP contribution in [0.3, 0.4) is 0 Å². The summed E-state index contributed by atoms with van der Waals surface area (Å²) in [6, 6.07) is 7.31. The summed E-state index contributed by atoms with van der Waals surface area (Å²) in [6.45, 7) is 0.195. The Morgan fingerprint density at radius 1 is 1.14 bits per heavy atom. The number of nitrogens with one attached hydrogen (secondary N) is 3. The summed E-state index contributed by atoms with van der Waals surface area (Å²) >= 11 is 0. The number of hydrogen-bond acceptors (Lipinski definition) is 4. The van der Waals surface area contributed by atoms with Crippen molar-refractivity contribution in [1.29, 1.82) is 0 Å². The van der Waals surface area contributed by atoms with E-state index in [1.54, 1.807) is 18.5 Å². The van der Waals surface area contributed by atoms with E-state index in [9.17, 15) is 13.6 Å². The first kappa shape index (κ1) is 21.3. The van der Waals surface area contributed by atoms with E-state index in [0.717, 1.165) is 28.7 Å². The minimum atomic E-state index is -0.921. The number of rotatable bonds is 3. The van der Waals surface area contributed by atoms with Crippen LogP contribution in [0, 0.1) is 11.6 Å². The fourth-order valence-electron chi connectivity index (χ4n) is 2.63. The van der Waals surface area contributed by atoms with Crippen LogP contribution in [0.4, 0.5) is 8.78 Å². The lowest BCUT2D eigenvalue weighted by atomic mass is 10.2. The summed E-state index contributed by atoms with van der Waals surface area (Å²) in [7, 11) is 0. The van der Waals surface area contributed by atoms with Gasteiger partial charge in [0, 0.05) is 29.9 Å². The molecule has 0 atom stereocenters. The third-order valence-electron chi connectivity index (χ3n) is 3.92. The molecule has 4 rings (SSSR count). The monoisotopic (exact) mass is 425 g/mol. The van der Waals surface area contributed by atoms with Crippen molar-refractivity contribution in [2.45, 2.75) is 6.54 Å². The molecule has 1 aromatic carbocycles. The predicted molar refractivity (Wildman–Crippen MR) is 107 cm³/mol. The van der Waals surface area contributed by atoms with Crippen LogP contribution in [0.15, 0.2) is 53.4 Å². The summed E-state index contributed by atoms with van der Waals surface area (Å²) in [5.74, 6) is -1.92. The highest BCUT2D eigenvalue weighted by molar-refractivity contribution is 6.14. The number of carbonyl (C=O) groups excluding carboxylic acids is 1. The molecule has 0 radical (unpaired) electrons. The number of aromatic amines is 1.